The minimum absolute atomic E-state index is 0.00877. The predicted octanol–water partition coefficient (Wildman–Crippen LogP) is 10.4. The number of urea groups is 1. The van der Waals surface area contributed by atoms with Crippen LogP contribution in [0.1, 0.15) is 113 Å². The van der Waals surface area contributed by atoms with E-state index in [1.54, 1.807) is 12.1 Å². The largest absolute Gasteiger partial charge is 0.493 e. The van der Waals surface area contributed by atoms with E-state index in [1.165, 1.54) is 54.6 Å². The number of nitrogens with zero attached hydrogens (tertiary/aromatic N) is 1. The van der Waals surface area contributed by atoms with Gasteiger partial charge in [0.2, 0.25) is 5.75 Å². The van der Waals surface area contributed by atoms with Crippen molar-refractivity contribution in [2.75, 3.05) is 40.3 Å². The monoisotopic (exact) mass is 750 g/mol. The van der Waals surface area contributed by atoms with Crippen LogP contribution in [0, 0.1) is 23.3 Å². The number of hydroxylamine groups is 2. The van der Waals surface area contributed by atoms with Crippen LogP contribution < -0.4 is 29.0 Å². The number of ether oxygens (including phenoxy) is 6. The minimum Gasteiger partial charge on any atom is -0.493 e. The number of nitrogens with one attached hydrogen (secondary N) is 1. The lowest BCUT2D eigenvalue weighted by atomic mass is 10.0. The number of benzene rings is 3. The normalized spacial score (nSPS) is 15.9. The molecule has 4 rings (SSSR count). The van der Waals surface area contributed by atoms with Gasteiger partial charge in [-0.15, -0.1) is 0 Å². The van der Waals surface area contributed by atoms with Gasteiger partial charge < -0.3 is 33.7 Å². The molecule has 3 aromatic rings. The Hall–Kier alpha value is -4.43. The maximum absolute atomic E-state index is 14.8. The molecule has 0 saturated carbocycles. The molecular formula is C39H50F4N2O8. The molecule has 1 aliphatic heterocycles. The molecule has 2 amide bonds. The van der Waals surface area contributed by atoms with Crippen molar-refractivity contribution in [3.05, 3.63) is 70.3 Å². The van der Waals surface area contributed by atoms with Crippen LogP contribution >= 0.6 is 0 Å². The zero-order chi connectivity index (χ0) is 38.7. The van der Waals surface area contributed by atoms with E-state index >= 15 is 0 Å². The highest BCUT2D eigenvalue weighted by Gasteiger charge is 2.32. The van der Waals surface area contributed by atoms with E-state index < -0.39 is 47.1 Å². The SMILES string of the molecule is CCCCCCCCCCN(O)C(=O)Nc1cc(C2CCC(c3cc(OC)c(OC)c(OC)c3)O2)cc(OC)c1OC(C)c1cc(F)c(F)c(F)c1F. The first kappa shape index (κ1) is 41.3. The highest BCUT2D eigenvalue weighted by Crippen LogP contribution is 2.49. The predicted molar refractivity (Wildman–Crippen MR) is 190 cm³/mol. The highest BCUT2D eigenvalue weighted by molar-refractivity contribution is 5.91. The molecule has 0 aromatic heterocycles. The first-order valence-electron chi connectivity index (χ1n) is 17.9. The highest BCUT2D eigenvalue weighted by atomic mass is 19.2. The second kappa shape index (κ2) is 19.6. The van der Waals surface area contributed by atoms with Crippen molar-refractivity contribution in [1.82, 2.24) is 5.06 Å². The summed E-state index contributed by atoms with van der Waals surface area (Å²) in [5.74, 6) is -5.83. The number of carbonyl (C=O) groups excluding carboxylic acids is 1. The fourth-order valence-corrected chi connectivity index (χ4v) is 6.39. The summed E-state index contributed by atoms with van der Waals surface area (Å²) in [7, 11) is 5.90. The van der Waals surface area contributed by atoms with Gasteiger partial charge in [-0.05, 0) is 67.6 Å². The molecule has 292 valence electrons. The first-order valence-corrected chi connectivity index (χ1v) is 17.9. The summed E-state index contributed by atoms with van der Waals surface area (Å²) < 4.78 is 91.4. The van der Waals surface area contributed by atoms with Gasteiger partial charge in [-0.3, -0.25) is 5.21 Å². The number of hydrogen-bond acceptors (Lipinski definition) is 8. The van der Waals surface area contributed by atoms with Gasteiger partial charge >= 0.3 is 6.03 Å². The molecule has 10 nitrogen and oxygen atoms in total. The van der Waals surface area contributed by atoms with E-state index in [0.29, 0.717) is 53.2 Å². The summed E-state index contributed by atoms with van der Waals surface area (Å²) >= 11 is 0. The van der Waals surface area contributed by atoms with Crippen molar-refractivity contribution < 1.29 is 56.0 Å². The van der Waals surface area contributed by atoms with Crippen molar-refractivity contribution >= 4 is 11.7 Å². The average Bonchev–Trinajstić information content (AvgIpc) is 3.66. The molecule has 2 N–H and O–H groups in total. The Morgan fingerprint density at radius 3 is 1.85 bits per heavy atom. The summed E-state index contributed by atoms with van der Waals surface area (Å²) in [5.41, 5.74) is 0.767. The molecule has 0 radical (unpaired) electrons. The quantitative estimate of drug-likeness (QED) is 0.0311. The molecule has 1 fully saturated rings. The summed E-state index contributed by atoms with van der Waals surface area (Å²) in [6.07, 6.45) is 7.05. The van der Waals surface area contributed by atoms with E-state index in [-0.39, 0.29) is 29.8 Å². The van der Waals surface area contributed by atoms with Gasteiger partial charge in [0, 0.05) is 5.56 Å². The fraction of sp³-hybridized carbons (Fsp3) is 0.513. The van der Waals surface area contributed by atoms with Crippen LogP contribution in [0.4, 0.5) is 28.0 Å². The van der Waals surface area contributed by atoms with Crippen LogP contribution in [0.15, 0.2) is 30.3 Å². The summed E-state index contributed by atoms with van der Waals surface area (Å²) in [4.78, 5) is 13.3. The van der Waals surface area contributed by atoms with Crippen molar-refractivity contribution in [1.29, 1.82) is 0 Å². The van der Waals surface area contributed by atoms with Gasteiger partial charge in [-0.25, -0.2) is 27.4 Å². The number of halogens is 4. The lowest BCUT2D eigenvalue weighted by Gasteiger charge is -2.24. The zero-order valence-corrected chi connectivity index (χ0v) is 31.2. The zero-order valence-electron chi connectivity index (χ0n) is 31.2. The van der Waals surface area contributed by atoms with Crippen molar-refractivity contribution in [2.24, 2.45) is 0 Å². The van der Waals surface area contributed by atoms with Crippen LogP contribution in [0.2, 0.25) is 0 Å². The lowest BCUT2D eigenvalue weighted by Crippen LogP contribution is -2.33. The molecule has 3 atom stereocenters. The third-order valence-corrected chi connectivity index (χ3v) is 9.31. The first-order chi connectivity index (χ1) is 25.5. The molecular weight excluding hydrogens is 700 g/mol. The molecule has 0 aliphatic carbocycles. The third kappa shape index (κ3) is 10.2. The van der Waals surface area contributed by atoms with E-state index in [9.17, 15) is 27.6 Å². The molecule has 1 aliphatic rings. The number of carbonyl (C=O) groups is 1. The Bertz CT molecular complexity index is 1670. The van der Waals surface area contributed by atoms with E-state index in [2.05, 4.69) is 12.2 Å². The van der Waals surface area contributed by atoms with Crippen LogP contribution in [0.3, 0.4) is 0 Å². The molecule has 14 heteroatoms. The number of methoxy groups -OCH3 is 4. The van der Waals surface area contributed by atoms with Gasteiger partial charge in [0.15, 0.2) is 46.3 Å². The Balaban J connectivity index is 1.61. The second-order valence-corrected chi connectivity index (χ2v) is 12.9. The number of amides is 2. The van der Waals surface area contributed by atoms with E-state index in [0.717, 1.165) is 31.2 Å². The lowest BCUT2D eigenvalue weighted by molar-refractivity contribution is -0.0382. The number of rotatable bonds is 19. The van der Waals surface area contributed by atoms with Gasteiger partial charge in [0.1, 0.15) is 6.10 Å². The minimum atomic E-state index is -1.98. The molecule has 1 heterocycles. The van der Waals surface area contributed by atoms with Gasteiger partial charge in [0.25, 0.3) is 0 Å². The van der Waals surface area contributed by atoms with Crippen LogP contribution in [0.5, 0.6) is 28.7 Å². The molecule has 53 heavy (non-hydrogen) atoms. The van der Waals surface area contributed by atoms with Crippen molar-refractivity contribution in [3.8, 4) is 28.7 Å². The smallest absolute Gasteiger partial charge is 0.345 e. The second-order valence-electron chi connectivity index (χ2n) is 12.9. The number of anilines is 1. The van der Waals surface area contributed by atoms with Gasteiger partial charge in [0.05, 0.1) is 52.9 Å². The van der Waals surface area contributed by atoms with Crippen LogP contribution in [-0.2, 0) is 4.74 Å². The molecule has 1 saturated heterocycles. The third-order valence-electron chi connectivity index (χ3n) is 9.31. The van der Waals surface area contributed by atoms with Crippen molar-refractivity contribution in [2.45, 2.75) is 96.4 Å². The number of unbranched alkanes of at least 4 members (excludes halogenated alkanes) is 7. The summed E-state index contributed by atoms with van der Waals surface area (Å²) in [6, 6.07) is 6.42. The fourth-order valence-electron chi connectivity index (χ4n) is 6.39. The maximum atomic E-state index is 14.8. The topological polar surface area (TPSA) is 108 Å². The van der Waals surface area contributed by atoms with Crippen molar-refractivity contribution in [3.63, 3.8) is 0 Å². The molecule has 3 aromatic carbocycles. The Morgan fingerprint density at radius 2 is 1.30 bits per heavy atom. The molecule has 0 bridgehead atoms. The van der Waals surface area contributed by atoms with Crippen LogP contribution in [-0.4, -0.2) is 51.3 Å². The van der Waals surface area contributed by atoms with Gasteiger partial charge in [-0.2, -0.15) is 0 Å². The van der Waals surface area contributed by atoms with E-state index in [1.807, 2.05) is 12.1 Å². The Labute approximate surface area is 308 Å². The Kier molecular flexibility index (Phi) is 15.3. The number of hydrogen-bond donors (Lipinski definition) is 2. The van der Waals surface area contributed by atoms with Gasteiger partial charge in [-0.1, -0.05) is 51.9 Å². The molecule has 3 unspecified atom stereocenters. The average molecular weight is 751 g/mol. The summed E-state index contributed by atoms with van der Waals surface area (Å²) in [6.45, 7) is 3.52. The van der Waals surface area contributed by atoms with Crippen LogP contribution in [0.25, 0.3) is 0 Å². The van der Waals surface area contributed by atoms with E-state index in [4.69, 9.17) is 28.4 Å². The molecule has 0 spiro atoms. The Morgan fingerprint density at radius 1 is 0.774 bits per heavy atom. The maximum Gasteiger partial charge on any atom is 0.345 e. The summed E-state index contributed by atoms with van der Waals surface area (Å²) in [5, 5.41) is 13.8. The standard InChI is InChI=1S/C39H50F4N2O8/c1-7-8-9-10-11-12-13-14-17-45(47)39(46)44-28-18-24(29-15-16-30(53-29)25-20-32(49-4)38(51-6)33(21-25)50-5)19-31(48-3)37(28)52-23(2)26-22-27(40)35(42)36(43)34(26)41/h18-23,29-30,47H,7-17H2,1-6H3,(H,44,46).